The van der Waals surface area contributed by atoms with Crippen molar-refractivity contribution in [2.45, 2.75) is 38.5 Å². The molecular weight excluding hydrogens is 568 g/mol. The lowest BCUT2D eigenvalue weighted by Gasteiger charge is -2.29. The molecule has 0 aromatic heterocycles. The Balaban J connectivity index is 1.28. The minimum Gasteiger partial charge on any atom is -0.459 e. The SMILES string of the molecule is [C-]#[N+]c1ccc(Oc2ccc(C(C)(C)c3ccc(C(C)(C)c4ccc(Oc5ccc(C#N)c(C#N)c5)cc4)cc3)cc2)cc1[N+]#[C-]. The molecular formula is C40H30N4O2. The van der Waals surface area contributed by atoms with Gasteiger partial charge in [0.1, 0.15) is 35.1 Å². The highest BCUT2D eigenvalue weighted by molar-refractivity contribution is 5.72. The molecule has 5 aromatic carbocycles. The van der Waals surface area contributed by atoms with Gasteiger partial charge in [0.05, 0.1) is 24.3 Å². The normalized spacial score (nSPS) is 11.0. The van der Waals surface area contributed by atoms with E-state index in [0.717, 1.165) is 11.1 Å². The third-order valence-corrected chi connectivity index (χ3v) is 8.37. The molecule has 0 heterocycles. The number of ether oxygens (including phenoxy) is 2. The van der Waals surface area contributed by atoms with Crippen LogP contribution in [-0.2, 0) is 10.8 Å². The highest BCUT2D eigenvalue weighted by atomic mass is 16.5. The van der Waals surface area contributed by atoms with Crippen molar-refractivity contribution in [2.75, 3.05) is 0 Å². The third kappa shape index (κ3) is 6.30. The van der Waals surface area contributed by atoms with Crippen molar-refractivity contribution in [3.8, 4) is 35.1 Å². The molecule has 0 aliphatic heterocycles. The van der Waals surface area contributed by atoms with Crippen molar-refractivity contribution in [3.63, 3.8) is 0 Å². The Morgan fingerprint density at radius 3 is 1.26 bits per heavy atom. The van der Waals surface area contributed by atoms with Crippen LogP contribution in [0.15, 0.2) is 109 Å². The van der Waals surface area contributed by atoms with E-state index in [9.17, 15) is 5.26 Å². The van der Waals surface area contributed by atoms with Crippen LogP contribution in [0.3, 0.4) is 0 Å². The smallest absolute Gasteiger partial charge is 0.198 e. The van der Waals surface area contributed by atoms with E-state index in [0.29, 0.717) is 34.2 Å². The molecule has 0 amide bonds. The summed E-state index contributed by atoms with van der Waals surface area (Å²) in [6, 6.07) is 38.4. The van der Waals surface area contributed by atoms with Crippen molar-refractivity contribution < 1.29 is 9.47 Å². The van der Waals surface area contributed by atoms with Crippen LogP contribution in [0.5, 0.6) is 23.0 Å². The van der Waals surface area contributed by atoms with Gasteiger partial charge in [0.25, 0.3) is 0 Å². The number of nitrogens with zero attached hydrogens (tertiary/aromatic N) is 4. The fourth-order valence-electron chi connectivity index (χ4n) is 5.32. The zero-order chi connectivity index (χ0) is 32.9. The number of hydrogen-bond acceptors (Lipinski definition) is 4. The quantitative estimate of drug-likeness (QED) is 0.167. The minimum atomic E-state index is -0.261. The summed E-state index contributed by atoms with van der Waals surface area (Å²) in [4.78, 5) is 6.80. The maximum Gasteiger partial charge on any atom is 0.198 e. The van der Waals surface area contributed by atoms with Crippen molar-refractivity contribution in [3.05, 3.63) is 165 Å². The highest BCUT2D eigenvalue weighted by Crippen LogP contribution is 2.38. The lowest BCUT2D eigenvalue weighted by atomic mass is 9.74. The van der Waals surface area contributed by atoms with Gasteiger partial charge in [-0.2, -0.15) is 10.5 Å². The third-order valence-electron chi connectivity index (χ3n) is 8.37. The second-order valence-electron chi connectivity index (χ2n) is 11.9. The topological polar surface area (TPSA) is 74.8 Å². The first-order valence-electron chi connectivity index (χ1n) is 14.6. The molecule has 222 valence electrons. The van der Waals surface area contributed by atoms with Crippen LogP contribution < -0.4 is 9.47 Å². The summed E-state index contributed by atoms with van der Waals surface area (Å²) in [5, 5.41) is 18.5. The van der Waals surface area contributed by atoms with Crippen molar-refractivity contribution in [1.29, 1.82) is 10.5 Å². The van der Waals surface area contributed by atoms with Crippen molar-refractivity contribution in [2.24, 2.45) is 0 Å². The van der Waals surface area contributed by atoms with Gasteiger partial charge in [0.2, 0.25) is 0 Å². The summed E-state index contributed by atoms with van der Waals surface area (Å²) in [7, 11) is 0. The molecule has 46 heavy (non-hydrogen) atoms. The van der Waals surface area contributed by atoms with Crippen LogP contribution in [-0.4, -0.2) is 0 Å². The molecule has 5 rings (SSSR count). The first-order chi connectivity index (χ1) is 22.1. The zero-order valence-corrected chi connectivity index (χ0v) is 26.0. The molecule has 0 saturated carbocycles. The number of hydrogen-bond donors (Lipinski definition) is 0. The van der Waals surface area contributed by atoms with E-state index >= 15 is 0 Å². The van der Waals surface area contributed by atoms with Crippen molar-refractivity contribution >= 4 is 11.4 Å². The highest BCUT2D eigenvalue weighted by Gasteiger charge is 2.27. The molecule has 0 aliphatic carbocycles. The predicted octanol–water partition coefficient (Wildman–Crippen LogP) is 10.8. The second-order valence-corrected chi connectivity index (χ2v) is 11.9. The van der Waals surface area contributed by atoms with E-state index in [1.54, 1.807) is 36.4 Å². The molecule has 0 radical (unpaired) electrons. The number of rotatable bonds is 8. The Morgan fingerprint density at radius 1 is 0.478 bits per heavy atom. The van der Waals surface area contributed by atoms with Crippen LogP contribution in [0.1, 0.15) is 61.1 Å². The van der Waals surface area contributed by atoms with Crippen molar-refractivity contribution in [1.82, 2.24) is 0 Å². The summed E-state index contributed by atoms with van der Waals surface area (Å²) in [6.07, 6.45) is 0. The van der Waals surface area contributed by atoms with Crippen LogP contribution in [0, 0.1) is 35.8 Å². The van der Waals surface area contributed by atoms with Gasteiger partial charge in [-0.25, -0.2) is 4.85 Å². The van der Waals surface area contributed by atoms with Gasteiger partial charge in [0.15, 0.2) is 11.4 Å². The summed E-state index contributed by atoms with van der Waals surface area (Å²) in [6.45, 7) is 23.3. The Bertz CT molecular complexity index is 1910. The largest absolute Gasteiger partial charge is 0.459 e. The van der Waals surface area contributed by atoms with E-state index in [1.807, 2.05) is 48.5 Å². The Hall–Kier alpha value is -6.34. The minimum absolute atomic E-state index is 0.258. The first-order valence-corrected chi connectivity index (χ1v) is 14.6. The van der Waals surface area contributed by atoms with Gasteiger partial charge in [-0.1, -0.05) is 82.3 Å². The molecule has 0 fully saturated rings. The standard InChI is InChI=1S/C40H30N4O2/c1-39(2,31-12-17-33(18-13-31)45-35-16-7-27(25-41)28(23-35)26-42)29-8-10-30(11-9-29)40(3,4)32-14-19-34(20-15-32)46-36-21-22-37(43-5)38(24-36)44-6/h7-24H,1-4H3. The number of benzene rings is 5. The van der Waals surface area contributed by atoms with E-state index in [-0.39, 0.29) is 22.1 Å². The van der Waals surface area contributed by atoms with Gasteiger partial charge < -0.3 is 9.47 Å². The molecule has 6 heteroatoms. The maximum absolute atomic E-state index is 9.30. The zero-order valence-electron chi connectivity index (χ0n) is 26.0. The Labute approximate surface area is 270 Å². The summed E-state index contributed by atoms with van der Waals surface area (Å²) in [5.74, 6) is 2.33. The Kier molecular flexibility index (Phi) is 8.60. The van der Waals surface area contributed by atoms with E-state index < -0.39 is 0 Å². The van der Waals surface area contributed by atoms with Crippen LogP contribution in [0.2, 0.25) is 0 Å². The molecule has 6 nitrogen and oxygen atoms in total. The Morgan fingerprint density at radius 2 is 0.848 bits per heavy atom. The summed E-state index contributed by atoms with van der Waals surface area (Å²) in [5.41, 5.74) is 5.31. The molecule has 0 spiro atoms. The maximum atomic E-state index is 9.30. The molecule has 0 unspecified atom stereocenters. The lowest BCUT2D eigenvalue weighted by Crippen LogP contribution is -2.21. The fourth-order valence-corrected chi connectivity index (χ4v) is 5.32. The average Bonchev–Trinajstić information content (AvgIpc) is 3.08. The van der Waals surface area contributed by atoms with Crippen LogP contribution >= 0.6 is 0 Å². The van der Waals surface area contributed by atoms with Gasteiger partial charge in [-0.15, -0.1) is 0 Å². The van der Waals surface area contributed by atoms with E-state index in [4.69, 9.17) is 27.9 Å². The molecule has 0 saturated heterocycles. The van der Waals surface area contributed by atoms with Crippen LogP contribution in [0.25, 0.3) is 9.69 Å². The summed E-state index contributed by atoms with van der Waals surface area (Å²) < 4.78 is 11.9. The lowest BCUT2D eigenvalue weighted by molar-refractivity contribution is 0.481. The average molecular weight is 599 g/mol. The van der Waals surface area contributed by atoms with Gasteiger partial charge in [-0.3, -0.25) is 4.85 Å². The summed E-state index contributed by atoms with van der Waals surface area (Å²) >= 11 is 0. The molecule has 0 bridgehead atoms. The van der Waals surface area contributed by atoms with Gasteiger partial charge in [0, 0.05) is 10.8 Å². The number of nitriles is 2. The van der Waals surface area contributed by atoms with E-state index in [1.165, 1.54) is 11.1 Å². The molecule has 5 aromatic rings. The molecule has 0 atom stereocenters. The van der Waals surface area contributed by atoms with E-state index in [2.05, 4.69) is 73.8 Å². The molecule has 0 N–H and O–H groups in total. The predicted molar refractivity (Wildman–Crippen MR) is 179 cm³/mol. The van der Waals surface area contributed by atoms with Gasteiger partial charge >= 0.3 is 0 Å². The second kappa shape index (κ2) is 12.7. The molecule has 0 aliphatic rings. The fraction of sp³-hybridized carbons (Fsp3) is 0.150. The first kappa shape index (κ1) is 31.1. The van der Waals surface area contributed by atoms with Gasteiger partial charge in [-0.05, 0) is 76.9 Å². The van der Waals surface area contributed by atoms with Crippen LogP contribution in [0.4, 0.5) is 11.4 Å². The monoisotopic (exact) mass is 598 g/mol.